The van der Waals surface area contributed by atoms with Crippen molar-refractivity contribution in [2.75, 3.05) is 13.3 Å². The van der Waals surface area contributed by atoms with Crippen LogP contribution in [-0.4, -0.2) is 24.0 Å². The summed E-state index contributed by atoms with van der Waals surface area (Å²) in [5, 5.41) is 0.718. The van der Waals surface area contributed by atoms with Gasteiger partial charge < -0.3 is 9.47 Å². The van der Waals surface area contributed by atoms with Gasteiger partial charge in [0.25, 0.3) is 0 Å². The van der Waals surface area contributed by atoms with Crippen molar-refractivity contribution in [1.82, 2.24) is 4.90 Å². The molecule has 0 atom stereocenters. The van der Waals surface area contributed by atoms with Crippen molar-refractivity contribution < 1.29 is 18.7 Å². The van der Waals surface area contributed by atoms with Gasteiger partial charge in [0.05, 0.1) is 11.1 Å². The lowest BCUT2D eigenvalue weighted by Gasteiger charge is -2.29. The van der Waals surface area contributed by atoms with Gasteiger partial charge in [-0.3, -0.25) is 9.69 Å². The number of carbonyl (C=O) groups excluding carboxylic acids is 1. The molecular weight excluding hydrogens is 417 g/mol. The van der Waals surface area contributed by atoms with Gasteiger partial charge in [0, 0.05) is 23.7 Å². The van der Waals surface area contributed by atoms with Gasteiger partial charge >= 0.3 is 0 Å². The third-order valence-corrected chi connectivity index (χ3v) is 5.76. The molecule has 0 saturated heterocycles. The fraction of sp³-hybridized carbons (Fsp3) is 0.160. The normalized spacial score (nSPS) is 16.6. The lowest BCUT2D eigenvalue weighted by molar-refractivity contribution is 0.0950. The van der Waals surface area contributed by atoms with Gasteiger partial charge in [0.15, 0.2) is 5.76 Å². The molecule has 0 unspecified atom stereocenters. The molecule has 5 rings (SSSR count). The van der Waals surface area contributed by atoms with Crippen molar-refractivity contribution in [2.45, 2.75) is 13.0 Å². The van der Waals surface area contributed by atoms with Crippen molar-refractivity contribution in [2.24, 2.45) is 0 Å². The number of rotatable bonds is 4. The zero-order valence-electron chi connectivity index (χ0n) is 16.6. The molecule has 4 nitrogen and oxygen atoms in total. The predicted octanol–water partition coefficient (Wildman–Crippen LogP) is 5.49. The summed E-state index contributed by atoms with van der Waals surface area (Å²) >= 11 is 5.96. The van der Waals surface area contributed by atoms with E-state index in [9.17, 15) is 9.18 Å². The van der Waals surface area contributed by atoms with E-state index < -0.39 is 5.82 Å². The first-order valence-corrected chi connectivity index (χ1v) is 10.4. The summed E-state index contributed by atoms with van der Waals surface area (Å²) < 4.78 is 25.9. The number of benzene rings is 3. The molecule has 0 amide bonds. The first kappa shape index (κ1) is 19.8. The molecule has 0 aliphatic carbocycles. The molecule has 6 heteroatoms. The molecule has 3 aromatic carbocycles. The summed E-state index contributed by atoms with van der Waals surface area (Å²) in [5.41, 5.74) is 2.82. The second kappa shape index (κ2) is 8.17. The summed E-state index contributed by atoms with van der Waals surface area (Å²) in [7, 11) is 0. The highest BCUT2D eigenvalue weighted by Gasteiger charge is 2.33. The van der Waals surface area contributed by atoms with Crippen molar-refractivity contribution >= 4 is 23.5 Å². The van der Waals surface area contributed by atoms with Crippen LogP contribution < -0.4 is 9.47 Å². The van der Waals surface area contributed by atoms with Gasteiger partial charge in [-0.2, -0.15) is 0 Å². The maximum atomic E-state index is 14.0. The minimum atomic E-state index is -0.402. The first-order chi connectivity index (χ1) is 15.1. The van der Waals surface area contributed by atoms with E-state index in [0.717, 1.165) is 23.6 Å². The fourth-order valence-corrected chi connectivity index (χ4v) is 3.95. The Morgan fingerprint density at radius 2 is 1.87 bits per heavy atom. The van der Waals surface area contributed by atoms with Gasteiger partial charge in [-0.15, -0.1) is 0 Å². The van der Waals surface area contributed by atoms with Gasteiger partial charge in [0.2, 0.25) is 5.78 Å². The Labute approximate surface area is 184 Å². The van der Waals surface area contributed by atoms with E-state index in [1.54, 1.807) is 30.3 Å². The zero-order chi connectivity index (χ0) is 21.4. The van der Waals surface area contributed by atoms with Crippen LogP contribution in [0.25, 0.3) is 6.08 Å². The number of ether oxygens (including phenoxy) is 2. The highest BCUT2D eigenvalue weighted by Crippen LogP contribution is 2.42. The third-order valence-electron chi connectivity index (χ3n) is 5.50. The molecule has 2 heterocycles. The van der Waals surface area contributed by atoms with E-state index in [2.05, 4.69) is 4.90 Å². The summed E-state index contributed by atoms with van der Waals surface area (Å²) in [6.45, 7) is 1.86. The number of halogens is 2. The zero-order valence-corrected chi connectivity index (χ0v) is 17.4. The number of fused-ring (bicyclic) bond motifs is 3. The molecule has 0 N–H and O–H groups in total. The van der Waals surface area contributed by atoms with Crippen LogP contribution in [0.2, 0.25) is 5.02 Å². The van der Waals surface area contributed by atoms with E-state index in [0.29, 0.717) is 35.9 Å². The lowest BCUT2D eigenvalue weighted by Crippen LogP contribution is -2.33. The lowest BCUT2D eigenvalue weighted by atomic mass is 10.0. The highest BCUT2D eigenvalue weighted by atomic mass is 35.5. The third kappa shape index (κ3) is 3.94. The number of nitrogens with zero attached hydrogens (tertiary/aromatic N) is 1. The van der Waals surface area contributed by atoms with Gasteiger partial charge in [-0.25, -0.2) is 4.39 Å². The maximum absolute atomic E-state index is 14.0. The maximum Gasteiger partial charge on any atom is 0.231 e. The molecular formula is C25H19ClFNO3. The van der Waals surface area contributed by atoms with Crippen molar-refractivity contribution in [3.05, 3.63) is 99.5 Å². The summed E-state index contributed by atoms with van der Waals surface area (Å²) in [5.74, 6) is 0.676. The average molecular weight is 436 g/mol. The molecule has 2 aliphatic rings. The Morgan fingerprint density at radius 1 is 1.06 bits per heavy atom. The molecule has 0 radical (unpaired) electrons. The Balaban J connectivity index is 1.36. The second-order valence-corrected chi connectivity index (χ2v) is 8.02. The second-order valence-electron chi connectivity index (χ2n) is 7.58. The minimum absolute atomic E-state index is 0.117. The number of hydrogen-bond acceptors (Lipinski definition) is 4. The molecule has 0 fully saturated rings. The average Bonchev–Trinajstić information content (AvgIpc) is 3.10. The minimum Gasteiger partial charge on any atom is -0.478 e. The van der Waals surface area contributed by atoms with Gasteiger partial charge in [-0.1, -0.05) is 41.9 Å². The van der Waals surface area contributed by atoms with Crippen molar-refractivity contribution in [3.63, 3.8) is 0 Å². The van der Waals surface area contributed by atoms with Crippen LogP contribution in [-0.2, 0) is 13.0 Å². The van der Waals surface area contributed by atoms with Crippen LogP contribution in [0.4, 0.5) is 4.39 Å². The van der Waals surface area contributed by atoms with Crippen LogP contribution in [0.3, 0.4) is 0 Å². The van der Waals surface area contributed by atoms with Crippen LogP contribution in [0.15, 0.2) is 66.4 Å². The van der Waals surface area contributed by atoms with Crippen LogP contribution in [0, 0.1) is 5.82 Å². The van der Waals surface area contributed by atoms with Crippen molar-refractivity contribution in [3.8, 4) is 11.5 Å². The largest absolute Gasteiger partial charge is 0.478 e. The summed E-state index contributed by atoms with van der Waals surface area (Å²) in [6.07, 6.45) is 2.30. The standard InChI is InChI=1S/C25H19ClFNO3/c26-18-7-5-16(6-8-18)11-12-28-14-20-22(30-15-28)10-9-19-24(29)23(31-25(19)20)13-17-3-1-2-4-21(17)27/h1-10,13H,11-12,14-15H2/b23-13-. The van der Waals surface area contributed by atoms with Crippen molar-refractivity contribution in [1.29, 1.82) is 0 Å². The molecule has 0 aromatic heterocycles. The van der Waals surface area contributed by atoms with E-state index in [-0.39, 0.29) is 11.5 Å². The monoisotopic (exact) mass is 435 g/mol. The molecule has 156 valence electrons. The fourth-order valence-electron chi connectivity index (χ4n) is 3.82. The molecule has 2 aliphatic heterocycles. The Morgan fingerprint density at radius 3 is 2.68 bits per heavy atom. The molecule has 3 aromatic rings. The Hall–Kier alpha value is -3.15. The Bertz CT molecular complexity index is 1190. The van der Waals surface area contributed by atoms with Crippen LogP contribution in [0.5, 0.6) is 11.5 Å². The quantitative estimate of drug-likeness (QED) is 0.508. The molecule has 31 heavy (non-hydrogen) atoms. The predicted molar refractivity (Wildman–Crippen MR) is 117 cm³/mol. The highest BCUT2D eigenvalue weighted by molar-refractivity contribution is 6.30. The van der Waals surface area contributed by atoms with Crippen LogP contribution in [0.1, 0.15) is 27.0 Å². The SMILES string of the molecule is O=C1/C(=C/c2ccccc2F)Oc2c1ccc1c2CN(CCc2ccc(Cl)cc2)CO1. The number of hydrogen-bond donors (Lipinski definition) is 0. The van der Waals surface area contributed by atoms with E-state index in [1.807, 2.05) is 24.3 Å². The van der Waals surface area contributed by atoms with E-state index in [1.165, 1.54) is 17.7 Å². The number of Topliss-reactive ketones (excluding diaryl/α,β-unsaturated/α-hetero) is 1. The topological polar surface area (TPSA) is 38.8 Å². The smallest absolute Gasteiger partial charge is 0.231 e. The van der Waals surface area contributed by atoms with Gasteiger partial charge in [0.1, 0.15) is 24.0 Å². The Kier molecular flexibility index (Phi) is 5.22. The number of ketones is 1. The molecule has 0 spiro atoms. The van der Waals surface area contributed by atoms with Gasteiger partial charge in [-0.05, 0) is 48.4 Å². The molecule has 0 bridgehead atoms. The first-order valence-electron chi connectivity index (χ1n) is 10.0. The number of carbonyl (C=O) groups is 1. The van der Waals surface area contributed by atoms with E-state index in [4.69, 9.17) is 21.1 Å². The molecule has 0 saturated carbocycles. The van der Waals surface area contributed by atoms with E-state index >= 15 is 0 Å². The summed E-state index contributed by atoms with van der Waals surface area (Å²) in [4.78, 5) is 15.0. The summed E-state index contributed by atoms with van der Waals surface area (Å²) in [6, 6.07) is 17.6. The van der Waals surface area contributed by atoms with Crippen LogP contribution >= 0.6 is 11.6 Å². The number of allylic oxidation sites excluding steroid dienone is 1.